The van der Waals surface area contributed by atoms with E-state index >= 15 is 0 Å². The van der Waals surface area contributed by atoms with Crippen LogP contribution in [0.2, 0.25) is 0 Å². The van der Waals surface area contributed by atoms with Crippen molar-refractivity contribution in [2.75, 3.05) is 12.4 Å². The lowest BCUT2D eigenvalue weighted by atomic mass is 9.97. The van der Waals surface area contributed by atoms with E-state index in [0.717, 1.165) is 5.56 Å². The molecule has 2 aromatic rings. The molecule has 0 heterocycles. The van der Waals surface area contributed by atoms with Crippen molar-refractivity contribution in [2.45, 2.75) is 44.0 Å². The SMILES string of the molecule is CC(CC(=O)Nc1ccc(S(=O)(=O)N(C)C(C)C)cc1)c1ccccc1. The van der Waals surface area contributed by atoms with Crippen LogP contribution in [-0.2, 0) is 14.8 Å². The van der Waals surface area contributed by atoms with E-state index < -0.39 is 10.0 Å². The van der Waals surface area contributed by atoms with Gasteiger partial charge in [0, 0.05) is 25.2 Å². The first-order valence-corrected chi connectivity index (χ1v) is 10.1. The second kappa shape index (κ2) is 8.47. The fraction of sp³-hybridized carbons (Fsp3) is 0.350. The van der Waals surface area contributed by atoms with Crippen LogP contribution in [0.5, 0.6) is 0 Å². The number of amides is 1. The normalized spacial score (nSPS) is 13.0. The third-order valence-corrected chi connectivity index (χ3v) is 6.45. The molecule has 1 atom stereocenters. The summed E-state index contributed by atoms with van der Waals surface area (Å²) in [5.41, 5.74) is 1.70. The lowest BCUT2D eigenvalue weighted by molar-refractivity contribution is -0.116. The number of carbonyl (C=O) groups excluding carboxylic acids is 1. The number of nitrogens with one attached hydrogen (secondary N) is 1. The highest BCUT2D eigenvalue weighted by Gasteiger charge is 2.22. The minimum absolute atomic E-state index is 0.101. The van der Waals surface area contributed by atoms with Crippen LogP contribution in [0.3, 0.4) is 0 Å². The van der Waals surface area contributed by atoms with Crippen LogP contribution in [0.25, 0.3) is 0 Å². The summed E-state index contributed by atoms with van der Waals surface area (Å²) in [6.45, 7) is 5.65. The zero-order chi connectivity index (χ0) is 19.3. The Kier molecular flexibility index (Phi) is 6.56. The number of sulfonamides is 1. The number of hydrogen-bond donors (Lipinski definition) is 1. The first kappa shape index (κ1) is 20.1. The van der Waals surface area contributed by atoms with Crippen molar-refractivity contribution in [3.05, 3.63) is 60.2 Å². The first-order chi connectivity index (χ1) is 12.2. The average Bonchev–Trinajstić information content (AvgIpc) is 2.62. The molecule has 0 saturated carbocycles. The topological polar surface area (TPSA) is 66.5 Å². The van der Waals surface area contributed by atoms with E-state index in [2.05, 4.69) is 5.32 Å². The number of anilines is 1. The molecule has 0 spiro atoms. The van der Waals surface area contributed by atoms with Crippen molar-refractivity contribution in [3.63, 3.8) is 0 Å². The third kappa shape index (κ3) is 4.93. The van der Waals surface area contributed by atoms with Gasteiger partial charge in [-0.15, -0.1) is 0 Å². The Labute approximate surface area is 156 Å². The molecular weight excluding hydrogens is 348 g/mol. The van der Waals surface area contributed by atoms with Crippen molar-refractivity contribution in [1.29, 1.82) is 0 Å². The maximum atomic E-state index is 12.4. The van der Waals surface area contributed by atoms with Gasteiger partial charge in [0.05, 0.1) is 4.90 Å². The zero-order valence-corrected chi connectivity index (χ0v) is 16.5. The molecule has 140 valence electrons. The molecule has 0 radical (unpaired) electrons. The average molecular weight is 375 g/mol. The van der Waals surface area contributed by atoms with E-state index in [0.29, 0.717) is 12.1 Å². The third-order valence-electron chi connectivity index (χ3n) is 4.40. The molecule has 0 aliphatic heterocycles. The van der Waals surface area contributed by atoms with Crippen molar-refractivity contribution in [1.82, 2.24) is 4.31 Å². The molecule has 1 N–H and O–H groups in total. The second-order valence-corrected chi connectivity index (χ2v) is 8.70. The molecule has 26 heavy (non-hydrogen) atoms. The fourth-order valence-electron chi connectivity index (χ4n) is 2.54. The van der Waals surface area contributed by atoms with Crippen LogP contribution in [0, 0.1) is 0 Å². The molecule has 2 rings (SSSR count). The van der Waals surface area contributed by atoms with Crippen LogP contribution in [-0.4, -0.2) is 31.7 Å². The standard InChI is InChI=1S/C20H26N2O3S/c1-15(2)22(4)26(24,25)19-12-10-18(11-13-19)21-20(23)14-16(3)17-8-6-5-7-9-17/h5-13,15-16H,14H2,1-4H3,(H,21,23). The minimum atomic E-state index is -3.52. The second-order valence-electron chi connectivity index (χ2n) is 6.70. The van der Waals surface area contributed by atoms with Crippen LogP contribution in [0.4, 0.5) is 5.69 Å². The Morgan fingerprint density at radius 1 is 1.00 bits per heavy atom. The summed E-state index contributed by atoms with van der Waals surface area (Å²) < 4.78 is 26.2. The molecule has 6 heteroatoms. The summed E-state index contributed by atoms with van der Waals surface area (Å²) in [6, 6.07) is 16.0. The summed E-state index contributed by atoms with van der Waals surface area (Å²) in [7, 11) is -1.96. The number of benzene rings is 2. The summed E-state index contributed by atoms with van der Waals surface area (Å²) in [4.78, 5) is 12.5. The molecule has 1 unspecified atom stereocenters. The monoisotopic (exact) mass is 374 g/mol. The lowest BCUT2D eigenvalue weighted by Crippen LogP contribution is -2.33. The Bertz CT molecular complexity index is 831. The highest BCUT2D eigenvalue weighted by Crippen LogP contribution is 2.21. The van der Waals surface area contributed by atoms with Gasteiger partial charge in [-0.05, 0) is 49.6 Å². The molecule has 0 saturated heterocycles. The molecular formula is C20H26N2O3S. The van der Waals surface area contributed by atoms with Crippen molar-refractivity contribution < 1.29 is 13.2 Å². The highest BCUT2D eigenvalue weighted by molar-refractivity contribution is 7.89. The fourth-order valence-corrected chi connectivity index (χ4v) is 3.91. The van der Waals surface area contributed by atoms with Crippen LogP contribution < -0.4 is 5.32 Å². The van der Waals surface area contributed by atoms with Crippen LogP contribution in [0.15, 0.2) is 59.5 Å². The number of carbonyl (C=O) groups is 1. The highest BCUT2D eigenvalue weighted by atomic mass is 32.2. The minimum Gasteiger partial charge on any atom is -0.326 e. The maximum absolute atomic E-state index is 12.4. The van der Waals surface area contributed by atoms with Gasteiger partial charge in [0.25, 0.3) is 0 Å². The predicted molar refractivity (Wildman–Crippen MR) is 105 cm³/mol. The zero-order valence-electron chi connectivity index (χ0n) is 15.6. The van der Waals surface area contributed by atoms with Crippen molar-refractivity contribution in [2.24, 2.45) is 0 Å². The summed E-state index contributed by atoms with van der Waals surface area (Å²) in [5.74, 6) is 0.00630. The van der Waals surface area contributed by atoms with Gasteiger partial charge in [-0.3, -0.25) is 4.79 Å². The van der Waals surface area contributed by atoms with E-state index in [9.17, 15) is 13.2 Å². The van der Waals surface area contributed by atoms with Crippen molar-refractivity contribution in [3.8, 4) is 0 Å². The predicted octanol–water partition coefficient (Wildman–Crippen LogP) is 3.85. The van der Waals surface area contributed by atoms with Gasteiger partial charge in [0.1, 0.15) is 0 Å². The van der Waals surface area contributed by atoms with E-state index in [4.69, 9.17) is 0 Å². The van der Waals surface area contributed by atoms with E-state index in [-0.39, 0.29) is 22.8 Å². The van der Waals surface area contributed by atoms with Crippen molar-refractivity contribution >= 4 is 21.6 Å². The largest absolute Gasteiger partial charge is 0.326 e. The van der Waals surface area contributed by atoms with E-state index in [1.54, 1.807) is 19.2 Å². The van der Waals surface area contributed by atoms with Gasteiger partial charge in [-0.25, -0.2) is 8.42 Å². The number of hydrogen-bond acceptors (Lipinski definition) is 3. The smallest absolute Gasteiger partial charge is 0.243 e. The number of nitrogens with zero attached hydrogens (tertiary/aromatic N) is 1. The molecule has 0 bridgehead atoms. The van der Waals surface area contributed by atoms with Gasteiger partial charge in [0.2, 0.25) is 15.9 Å². The van der Waals surface area contributed by atoms with Crippen LogP contribution in [0.1, 0.15) is 38.7 Å². The van der Waals surface area contributed by atoms with Gasteiger partial charge in [-0.2, -0.15) is 4.31 Å². The van der Waals surface area contributed by atoms with Gasteiger partial charge in [0.15, 0.2) is 0 Å². The summed E-state index contributed by atoms with van der Waals surface area (Å²) in [6.07, 6.45) is 0.361. The maximum Gasteiger partial charge on any atom is 0.243 e. The molecule has 0 fully saturated rings. The summed E-state index contributed by atoms with van der Waals surface area (Å²) in [5, 5.41) is 2.83. The molecule has 0 aromatic heterocycles. The van der Waals surface area contributed by atoms with Gasteiger partial charge < -0.3 is 5.32 Å². The Morgan fingerprint density at radius 2 is 1.58 bits per heavy atom. The summed E-state index contributed by atoms with van der Waals surface area (Å²) >= 11 is 0. The Morgan fingerprint density at radius 3 is 2.12 bits per heavy atom. The molecule has 0 aliphatic carbocycles. The van der Waals surface area contributed by atoms with Gasteiger partial charge in [-0.1, -0.05) is 37.3 Å². The Hall–Kier alpha value is -2.18. The molecule has 2 aromatic carbocycles. The van der Waals surface area contributed by atoms with Crippen LogP contribution >= 0.6 is 0 Å². The lowest BCUT2D eigenvalue weighted by Gasteiger charge is -2.21. The Balaban J connectivity index is 2.02. The quantitative estimate of drug-likeness (QED) is 0.800. The first-order valence-electron chi connectivity index (χ1n) is 8.64. The van der Waals surface area contributed by atoms with E-state index in [1.165, 1.54) is 16.4 Å². The molecule has 1 amide bonds. The molecule has 0 aliphatic rings. The van der Waals surface area contributed by atoms with Gasteiger partial charge >= 0.3 is 0 Å². The number of rotatable bonds is 7. The molecule has 5 nitrogen and oxygen atoms in total. The van der Waals surface area contributed by atoms with E-state index in [1.807, 2.05) is 51.1 Å².